The monoisotopic (exact) mass is 390 g/mol. The molecule has 0 amide bonds. The zero-order valence-electron chi connectivity index (χ0n) is 17.6. The maximum atomic E-state index is 7.18. The van der Waals surface area contributed by atoms with E-state index in [2.05, 4.69) is 93.6 Å². The maximum Gasteiger partial charge on any atom is 0.261 e. The van der Waals surface area contributed by atoms with Crippen molar-refractivity contribution < 1.29 is 4.43 Å². The Hall–Kier alpha value is -1.64. The molecule has 2 aliphatic rings. The predicted molar refractivity (Wildman–Crippen MR) is 122 cm³/mol. The fraction of sp³-hybridized carbons (Fsp3) is 0.462. The van der Waals surface area contributed by atoms with Crippen LogP contribution in [-0.2, 0) is 4.43 Å². The van der Waals surface area contributed by atoms with Crippen LogP contribution in [-0.4, -0.2) is 14.9 Å². The zero-order chi connectivity index (χ0) is 19.6. The summed E-state index contributed by atoms with van der Waals surface area (Å²) in [4.78, 5) is 0. The highest BCUT2D eigenvalue weighted by atomic mass is 28.4. The van der Waals surface area contributed by atoms with Crippen molar-refractivity contribution in [3.8, 4) is 0 Å². The Bertz CT molecular complexity index is 735. The highest BCUT2D eigenvalue weighted by Crippen LogP contribution is 2.53. The molecular formula is C26H34OSi. The van der Waals surface area contributed by atoms with E-state index in [4.69, 9.17) is 4.43 Å². The Labute approximate surface area is 172 Å². The molecule has 0 spiro atoms. The molecule has 3 atom stereocenters. The minimum Gasteiger partial charge on any atom is -0.407 e. The largest absolute Gasteiger partial charge is 0.407 e. The number of hydrogen-bond acceptors (Lipinski definition) is 1. The molecule has 1 nitrogen and oxygen atoms in total. The van der Waals surface area contributed by atoms with Crippen LogP contribution in [0.15, 0.2) is 72.8 Å². The second-order valence-electron chi connectivity index (χ2n) is 9.59. The van der Waals surface area contributed by atoms with Gasteiger partial charge >= 0.3 is 0 Å². The Morgan fingerprint density at radius 1 is 0.786 bits per heavy atom. The van der Waals surface area contributed by atoms with Crippen molar-refractivity contribution in [3.05, 3.63) is 72.8 Å². The summed E-state index contributed by atoms with van der Waals surface area (Å²) in [6.45, 7) is 8.04. The van der Waals surface area contributed by atoms with E-state index in [-0.39, 0.29) is 5.04 Å². The van der Waals surface area contributed by atoms with Crippen molar-refractivity contribution in [3.63, 3.8) is 0 Å². The number of rotatable bonds is 5. The van der Waals surface area contributed by atoms with Gasteiger partial charge in [0, 0.05) is 6.61 Å². The van der Waals surface area contributed by atoms with Gasteiger partial charge in [0.1, 0.15) is 0 Å². The third-order valence-electron chi connectivity index (χ3n) is 6.92. The average Bonchev–Trinajstić information content (AvgIpc) is 3.32. The van der Waals surface area contributed by atoms with E-state index < -0.39 is 8.32 Å². The number of fused-ring (bicyclic) bond motifs is 1. The van der Waals surface area contributed by atoms with Gasteiger partial charge in [-0.25, -0.2) is 0 Å². The van der Waals surface area contributed by atoms with Crippen LogP contribution in [0.1, 0.15) is 46.5 Å². The summed E-state index contributed by atoms with van der Waals surface area (Å²) in [6, 6.07) is 22.1. The zero-order valence-corrected chi connectivity index (χ0v) is 18.6. The molecule has 2 aromatic rings. The number of benzene rings is 2. The SMILES string of the molecule is CC(C)(C)[Si](OC[C@H]1[C@@H]2CC/C=C/CC[C@@H]21)(c1ccccc1)c1ccccc1. The summed E-state index contributed by atoms with van der Waals surface area (Å²) in [7, 11) is -2.38. The summed E-state index contributed by atoms with van der Waals surface area (Å²) >= 11 is 0. The maximum absolute atomic E-state index is 7.18. The lowest BCUT2D eigenvalue weighted by atomic mass is 10.1. The molecule has 0 aromatic heterocycles. The lowest BCUT2D eigenvalue weighted by Gasteiger charge is -2.43. The third kappa shape index (κ3) is 3.65. The van der Waals surface area contributed by atoms with Crippen LogP contribution in [0.3, 0.4) is 0 Å². The molecule has 148 valence electrons. The van der Waals surface area contributed by atoms with E-state index in [1.807, 2.05) is 0 Å². The number of hydrogen-bond donors (Lipinski definition) is 0. The van der Waals surface area contributed by atoms with Gasteiger partial charge in [0.05, 0.1) is 0 Å². The Morgan fingerprint density at radius 2 is 1.25 bits per heavy atom. The molecule has 2 aromatic carbocycles. The topological polar surface area (TPSA) is 9.23 Å². The summed E-state index contributed by atoms with van der Waals surface area (Å²) in [5.41, 5.74) is 0. The quantitative estimate of drug-likeness (QED) is 0.480. The van der Waals surface area contributed by atoms with Gasteiger partial charge in [-0.1, -0.05) is 93.6 Å². The van der Waals surface area contributed by atoms with Crippen molar-refractivity contribution in [1.29, 1.82) is 0 Å². The molecule has 4 rings (SSSR count). The van der Waals surface area contributed by atoms with Crippen LogP contribution in [0.5, 0.6) is 0 Å². The summed E-state index contributed by atoms with van der Waals surface area (Å²) in [6.07, 6.45) is 9.95. The van der Waals surface area contributed by atoms with Gasteiger partial charge in [0.25, 0.3) is 8.32 Å². The normalized spacial score (nSPS) is 26.0. The van der Waals surface area contributed by atoms with E-state index in [9.17, 15) is 0 Å². The molecule has 1 saturated carbocycles. The molecule has 0 aliphatic heterocycles. The summed E-state index contributed by atoms with van der Waals surface area (Å²) in [5.74, 6) is 2.51. The van der Waals surface area contributed by atoms with Gasteiger partial charge in [-0.15, -0.1) is 0 Å². The van der Waals surface area contributed by atoms with Gasteiger partial charge in [-0.3, -0.25) is 0 Å². The molecule has 0 heterocycles. The van der Waals surface area contributed by atoms with Crippen molar-refractivity contribution in [1.82, 2.24) is 0 Å². The van der Waals surface area contributed by atoms with E-state index in [0.717, 1.165) is 24.4 Å². The van der Waals surface area contributed by atoms with Gasteiger partial charge in [-0.2, -0.15) is 0 Å². The van der Waals surface area contributed by atoms with Crippen LogP contribution in [0.2, 0.25) is 5.04 Å². The van der Waals surface area contributed by atoms with Gasteiger partial charge in [0.15, 0.2) is 0 Å². The van der Waals surface area contributed by atoms with Crippen LogP contribution >= 0.6 is 0 Å². The van der Waals surface area contributed by atoms with Crippen molar-refractivity contribution >= 4 is 18.7 Å². The van der Waals surface area contributed by atoms with Crippen molar-refractivity contribution in [2.45, 2.75) is 51.5 Å². The van der Waals surface area contributed by atoms with Gasteiger partial charge < -0.3 is 4.43 Å². The average molecular weight is 391 g/mol. The third-order valence-corrected chi connectivity index (χ3v) is 11.9. The molecule has 0 saturated heterocycles. The standard InChI is InChI=1S/C26H34OSi/c1-26(2,3)28(21-14-8-6-9-15-21,22-16-10-7-11-17-22)27-20-25-23-18-12-4-5-13-19-24(23)25/h4-11,14-17,23-25H,12-13,18-20H2,1-3H3/b5-4+/t23-,24+,25+. The number of allylic oxidation sites excluding steroid dienone is 2. The molecule has 2 heteroatoms. The second-order valence-corrected chi connectivity index (χ2v) is 13.9. The second kappa shape index (κ2) is 8.00. The van der Waals surface area contributed by atoms with E-state index >= 15 is 0 Å². The van der Waals surface area contributed by atoms with Crippen LogP contribution in [0.4, 0.5) is 0 Å². The Balaban J connectivity index is 1.66. The molecule has 28 heavy (non-hydrogen) atoms. The first kappa shape index (κ1) is 19.7. The molecule has 0 bridgehead atoms. The molecule has 0 unspecified atom stereocenters. The lowest BCUT2D eigenvalue weighted by molar-refractivity contribution is 0.268. The minimum atomic E-state index is -2.38. The highest BCUT2D eigenvalue weighted by molar-refractivity contribution is 6.99. The molecule has 0 N–H and O–H groups in total. The highest BCUT2D eigenvalue weighted by Gasteiger charge is 2.54. The van der Waals surface area contributed by atoms with Gasteiger partial charge in [-0.05, 0) is 58.8 Å². The first-order valence-corrected chi connectivity index (χ1v) is 12.8. The van der Waals surface area contributed by atoms with E-state index in [1.165, 1.54) is 36.1 Å². The first-order chi connectivity index (χ1) is 13.5. The van der Waals surface area contributed by atoms with Crippen LogP contribution in [0.25, 0.3) is 0 Å². The molecule has 2 aliphatic carbocycles. The van der Waals surface area contributed by atoms with E-state index in [0.29, 0.717) is 0 Å². The fourth-order valence-corrected chi connectivity index (χ4v) is 10.0. The minimum absolute atomic E-state index is 0.0745. The smallest absolute Gasteiger partial charge is 0.261 e. The fourth-order valence-electron chi connectivity index (χ4n) is 5.42. The summed E-state index contributed by atoms with van der Waals surface area (Å²) in [5, 5.41) is 2.87. The molecule has 1 fully saturated rings. The first-order valence-electron chi connectivity index (χ1n) is 10.9. The van der Waals surface area contributed by atoms with Crippen LogP contribution < -0.4 is 10.4 Å². The summed E-state index contributed by atoms with van der Waals surface area (Å²) < 4.78 is 7.18. The predicted octanol–water partition coefficient (Wildman–Crippen LogP) is 5.56. The van der Waals surface area contributed by atoms with Crippen LogP contribution in [0, 0.1) is 17.8 Å². The lowest BCUT2D eigenvalue weighted by Crippen LogP contribution is -2.66. The van der Waals surface area contributed by atoms with Crippen molar-refractivity contribution in [2.75, 3.05) is 6.61 Å². The molecule has 0 radical (unpaired) electrons. The van der Waals surface area contributed by atoms with E-state index in [1.54, 1.807) is 0 Å². The Kier molecular flexibility index (Phi) is 5.62. The Morgan fingerprint density at radius 3 is 1.68 bits per heavy atom. The molecular weight excluding hydrogens is 356 g/mol. The van der Waals surface area contributed by atoms with Gasteiger partial charge in [0.2, 0.25) is 0 Å². The van der Waals surface area contributed by atoms with Crippen molar-refractivity contribution in [2.24, 2.45) is 17.8 Å².